The van der Waals surface area contributed by atoms with Crippen molar-refractivity contribution in [2.75, 3.05) is 0 Å². The number of rotatable bonds is 0. The van der Waals surface area contributed by atoms with Gasteiger partial charge in [0, 0.05) is 24.3 Å². The molecule has 0 bridgehead atoms. The first-order valence-electron chi connectivity index (χ1n) is 4.19. The quantitative estimate of drug-likeness (QED) is 0.590. The van der Waals surface area contributed by atoms with Gasteiger partial charge in [-0.1, -0.05) is 11.6 Å². The van der Waals surface area contributed by atoms with E-state index in [-0.39, 0.29) is 0 Å². The average Bonchev–Trinajstić information content (AvgIpc) is 2.33. The van der Waals surface area contributed by atoms with Crippen LogP contribution in [0.2, 0.25) is 5.15 Å². The second kappa shape index (κ2) is 2.74. The minimum absolute atomic E-state index is 0.580. The van der Waals surface area contributed by atoms with Crippen molar-refractivity contribution in [1.29, 1.82) is 0 Å². The highest BCUT2D eigenvalue weighted by Gasteiger charge is 2.10. The molecule has 13 heavy (non-hydrogen) atoms. The van der Waals surface area contributed by atoms with Gasteiger partial charge in [0.05, 0.1) is 5.52 Å². The third kappa shape index (κ3) is 1.05. The Morgan fingerprint density at radius 3 is 2.69 bits per heavy atom. The van der Waals surface area contributed by atoms with Gasteiger partial charge < -0.3 is 4.57 Å². The van der Waals surface area contributed by atoms with E-state index in [0.717, 1.165) is 5.52 Å². The molecule has 68 valence electrons. The third-order valence-corrected chi connectivity index (χ3v) is 2.94. The number of nitrogens with zero attached hydrogens (tertiary/aromatic N) is 2. The largest absolute Gasteiger partial charge is 0.345 e. The second-order valence-corrected chi connectivity index (χ2v) is 3.63. The Labute approximate surface area is 82.1 Å². The lowest BCUT2D eigenvalue weighted by Crippen LogP contribution is -1.91. The van der Waals surface area contributed by atoms with Crippen LogP contribution in [0.5, 0.6) is 0 Å². The first-order valence-corrected chi connectivity index (χ1v) is 4.57. The van der Waals surface area contributed by atoms with Gasteiger partial charge in [-0.2, -0.15) is 0 Å². The van der Waals surface area contributed by atoms with Crippen molar-refractivity contribution in [2.45, 2.75) is 13.8 Å². The van der Waals surface area contributed by atoms with Crippen LogP contribution >= 0.6 is 11.6 Å². The fourth-order valence-electron chi connectivity index (χ4n) is 1.66. The van der Waals surface area contributed by atoms with Gasteiger partial charge in [0.2, 0.25) is 0 Å². The predicted molar refractivity (Wildman–Crippen MR) is 55.2 cm³/mol. The molecule has 3 heteroatoms. The van der Waals surface area contributed by atoms with Crippen LogP contribution in [0.15, 0.2) is 12.3 Å². The van der Waals surface area contributed by atoms with Crippen molar-refractivity contribution in [3.05, 3.63) is 28.7 Å². The van der Waals surface area contributed by atoms with E-state index in [0.29, 0.717) is 5.15 Å². The second-order valence-electron chi connectivity index (χ2n) is 3.27. The SMILES string of the molecule is Cc1c(C)n(C)c2c(Cl)nccc12. The minimum Gasteiger partial charge on any atom is -0.345 e. The van der Waals surface area contributed by atoms with Crippen LogP contribution in [0.3, 0.4) is 0 Å². The van der Waals surface area contributed by atoms with Crippen LogP contribution in [0.1, 0.15) is 11.3 Å². The summed E-state index contributed by atoms with van der Waals surface area (Å²) in [5.74, 6) is 0. The molecule has 2 nitrogen and oxygen atoms in total. The van der Waals surface area contributed by atoms with Gasteiger partial charge in [-0.05, 0) is 25.5 Å². The van der Waals surface area contributed by atoms with Crippen LogP contribution in [0, 0.1) is 13.8 Å². The predicted octanol–water partition coefficient (Wildman–Crippen LogP) is 2.84. The molecule has 0 fully saturated rings. The van der Waals surface area contributed by atoms with Crippen LogP contribution in [-0.2, 0) is 7.05 Å². The summed E-state index contributed by atoms with van der Waals surface area (Å²) >= 11 is 6.02. The summed E-state index contributed by atoms with van der Waals surface area (Å²) in [7, 11) is 2.01. The molecule has 0 radical (unpaired) electrons. The number of pyridine rings is 1. The molecular formula is C10H11ClN2. The van der Waals surface area contributed by atoms with Crippen molar-refractivity contribution < 1.29 is 0 Å². The molecule has 0 atom stereocenters. The van der Waals surface area contributed by atoms with Crippen LogP contribution in [-0.4, -0.2) is 9.55 Å². The normalized spacial score (nSPS) is 11.1. The number of aromatic nitrogens is 2. The average molecular weight is 195 g/mol. The summed E-state index contributed by atoms with van der Waals surface area (Å²) in [4.78, 5) is 4.07. The van der Waals surface area contributed by atoms with Crippen LogP contribution in [0.4, 0.5) is 0 Å². The molecule has 0 saturated heterocycles. The maximum absolute atomic E-state index is 6.02. The summed E-state index contributed by atoms with van der Waals surface area (Å²) in [6, 6.07) is 2.00. The zero-order valence-corrected chi connectivity index (χ0v) is 8.68. The molecule has 0 amide bonds. The van der Waals surface area contributed by atoms with E-state index in [1.165, 1.54) is 16.6 Å². The van der Waals surface area contributed by atoms with Crippen molar-refractivity contribution in [3.8, 4) is 0 Å². The first kappa shape index (κ1) is 8.57. The molecule has 2 aromatic rings. The van der Waals surface area contributed by atoms with Gasteiger partial charge in [0.25, 0.3) is 0 Å². The molecule has 2 heterocycles. The molecule has 2 rings (SSSR count). The number of hydrogen-bond donors (Lipinski definition) is 0. The molecule has 0 aromatic carbocycles. The molecule has 0 aliphatic carbocycles. The summed E-state index contributed by atoms with van der Waals surface area (Å²) in [5.41, 5.74) is 3.55. The number of fused-ring (bicyclic) bond motifs is 1. The molecule has 0 spiro atoms. The molecule has 0 aliphatic heterocycles. The monoisotopic (exact) mass is 194 g/mol. The van der Waals surface area contributed by atoms with E-state index in [9.17, 15) is 0 Å². The Morgan fingerprint density at radius 2 is 2.08 bits per heavy atom. The Kier molecular flexibility index (Phi) is 1.81. The minimum atomic E-state index is 0.580. The van der Waals surface area contributed by atoms with Crippen molar-refractivity contribution >= 4 is 22.5 Å². The van der Waals surface area contributed by atoms with E-state index in [2.05, 4.69) is 23.4 Å². The van der Waals surface area contributed by atoms with E-state index in [1.807, 2.05) is 13.1 Å². The topological polar surface area (TPSA) is 17.8 Å². The Balaban J connectivity index is 3.03. The van der Waals surface area contributed by atoms with Crippen LogP contribution < -0.4 is 0 Å². The van der Waals surface area contributed by atoms with E-state index >= 15 is 0 Å². The zero-order valence-electron chi connectivity index (χ0n) is 7.93. The fourth-order valence-corrected chi connectivity index (χ4v) is 1.95. The van der Waals surface area contributed by atoms with Crippen LogP contribution in [0.25, 0.3) is 10.9 Å². The van der Waals surface area contributed by atoms with E-state index < -0.39 is 0 Å². The lowest BCUT2D eigenvalue weighted by molar-refractivity contribution is 0.908. The Bertz CT molecular complexity index is 471. The number of aryl methyl sites for hydroxylation is 2. The van der Waals surface area contributed by atoms with Gasteiger partial charge in [-0.25, -0.2) is 4.98 Å². The standard InChI is InChI=1S/C10H11ClN2/c1-6-7(2)13(3)9-8(6)4-5-12-10(9)11/h4-5H,1-3H3. The molecule has 0 N–H and O–H groups in total. The molecule has 2 aromatic heterocycles. The highest BCUT2D eigenvalue weighted by atomic mass is 35.5. The lowest BCUT2D eigenvalue weighted by Gasteiger charge is -1.99. The lowest BCUT2D eigenvalue weighted by atomic mass is 10.2. The van der Waals surface area contributed by atoms with Crippen molar-refractivity contribution in [1.82, 2.24) is 9.55 Å². The first-order chi connectivity index (χ1) is 6.13. The molecule has 0 aliphatic rings. The smallest absolute Gasteiger partial charge is 0.153 e. The summed E-state index contributed by atoms with van der Waals surface area (Å²) in [6.07, 6.45) is 1.75. The highest BCUT2D eigenvalue weighted by molar-refractivity contribution is 6.34. The third-order valence-electron chi connectivity index (χ3n) is 2.66. The van der Waals surface area contributed by atoms with Gasteiger partial charge >= 0.3 is 0 Å². The zero-order chi connectivity index (χ0) is 9.59. The summed E-state index contributed by atoms with van der Waals surface area (Å²) in [5, 5.41) is 1.77. The number of halogens is 1. The van der Waals surface area contributed by atoms with Gasteiger partial charge in [0.1, 0.15) is 0 Å². The maximum Gasteiger partial charge on any atom is 0.153 e. The summed E-state index contributed by atoms with van der Waals surface area (Å²) < 4.78 is 2.08. The Morgan fingerprint density at radius 1 is 1.38 bits per heavy atom. The van der Waals surface area contributed by atoms with Gasteiger partial charge in [-0.15, -0.1) is 0 Å². The van der Waals surface area contributed by atoms with Gasteiger partial charge in [0.15, 0.2) is 5.15 Å². The van der Waals surface area contributed by atoms with E-state index in [1.54, 1.807) is 6.20 Å². The Hall–Kier alpha value is -1.02. The van der Waals surface area contributed by atoms with E-state index in [4.69, 9.17) is 11.6 Å². The molecular weight excluding hydrogens is 184 g/mol. The van der Waals surface area contributed by atoms with Gasteiger partial charge in [-0.3, -0.25) is 0 Å². The maximum atomic E-state index is 6.02. The van der Waals surface area contributed by atoms with Crippen molar-refractivity contribution in [3.63, 3.8) is 0 Å². The number of hydrogen-bond acceptors (Lipinski definition) is 1. The summed E-state index contributed by atoms with van der Waals surface area (Å²) in [6.45, 7) is 4.19. The fraction of sp³-hybridized carbons (Fsp3) is 0.300. The highest BCUT2D eigenvalue weighted by Crippen LogP contribution is 2.27. The molecule has 0 saturated carbocycles. The van der Waals surface area contributed by atoms with Crippen molar-refractivity contribution in [2.24, 2.45) is 7.05 Å². The molecule has 0 unspecified atom stereocenters.